The molecule has 0 N–H and O–H groups in total. The molecule has 2 aromatic heterocycles. The number of fused-ring (bicyclic) bond motifs is 1. The Balaban J connectivity index is 1.39. The Morgan fingerprint density at radius 1 is 1.19 bits per heavy atom. The van der Waals surface area contributed by atoms with Crippen molar-refractivity contribution in [3.63, 3.8) is 0 Å². The van der Waals surface area contributed by atoms with E-state index >= 15 is 0 Å². The largest absolute Gasteiger partial charge is 0.337 e. The number of benzene rings is 1. The van der Waals surface area contributed by atoms with E-state index in [-0.39, 0.29) is 23.7 Å². The number of halogens is 1. The fraction of sp³-hybridized carbons (Fsp3) is 0.381. The predicted molar refractivity (Wildman–Crippen MR) is 112 cm³/mol. The van der Waals surface area contributed by atoms with Crippen molar-refractivity contribution in [2.24, 2.45) is 5.41 Å². The lowest BCUT2D eigenvalue weighted by molar-refractivity contribution is 0.0766. The van der Waals surface area contributed by atoms with Crippen molar-refractivity contribution in [2.45, 2.75) is 32.9 Å². The van der Waals surface area contributed by atoms with Crippen molar-refractivity contribution >= 4 is 17.2 Å². The number of nitrogens with zero attached hydrogens (tertiary/aromatic N) is 5. The molecule has 1 atom stereocenters. The van der Waals surface area contributed by atoms with Crippen LogP contribution in [0.5, 0.6) is 0 Å². The number of carbonyl (C=O) groups excluding carboxylic acids is 1. The van der Waals surface area contributed by atoms with Gasteiger partial charge < -0.3 is 4.90 Å². The van der Waals surface area contributed by atoms with Gasteiger partial charge >= 0.3 is 11.1 Å². The van der Waals surface area contributed by atoms with Crippen molar-refractivity contribution in [1.82, 2.24) is 24.2 Å². The first kappa shape index (κ1) is 19.8. The standard InChI is InChI=1S/C21H20FN5O3S/c1-13-23-16(10-31-13)18(28)25-7-6-21(11-25)8-17-24-27(20(30)19(29)26(17)12-21)9-14-2-4-15(22)5-3-14/h2-5,10H,6-9,11-12H2,1H3/t21-/m1/s1. The molecule has 31 heavy (non-hydrogen) atoms. The number of carbonyl (C=O) groups is 1. The maximum atomic E-state index is 13.1. The van der Waals surface area contributed by atoms with Crippen LogP contribution in [0, 0.1) is 18.2 Å². The highest BCUT2D eigenvalue weighted by atomic mass is 32.1. The third kappa shape index (κ3) is 3.50. The van der Waals surface area contributed by atoms with Crippen molar-refractivity contribution in [3.05, 3.63) is 78.3 Å². The maximum Gasteiger partial charge on any atom is 0.332 e. The first-order valence-electron chi connectivity index (χ1n) is 10.0. The SMILES string of the molecule is Cc1nc(C(=O)N2CC[C@@]3(Cc4nn(Cc5ccc(F)cc5)c(=O)c(=O)n4C3)C2)cs1. The summed E-state index contributed by atoms with van der Waals surface area (Å²) >= 11 is 1.44. The van der Waals surface area contributed by atoms with E-state index < -0.39 is 11.1 Å². The zero-order chi connectivity index (χ0) is 21.8. The Bertz CT molecular complexity index is 1300. The molecule has 1 fully saturated rings. The topological polar surface area (TPSA) is 90.1 Å². The summed E-state index contributed by atoms with van der Waals surface area (Å²) < 4.78 is 15.7. The van der Waals surface area contributed by atoms with Crippen LogP contribution in [0.1, 0.15) is 33.3 Å². The summed E-state index contributed by atoms with van der Waals surface area (Å²) in [6.07, 6.45) is 1.25. The number of thiazole rings is 1. The van der Waals surface area contributed by atoms with E-state index in [1.54, 1.807) is 22.4 Å². The Hall–Kier alpha value is -3.14. The van der Waals surface area contributed by atoms with Gasteiger partial charge in [0, 0.05) is 36.9 Å². The van der Waals surface area contributed by atoms with Crippen LogP contribution in [0.3, 0.4) is 0 Å². The van der Waals surface area contributed by atoms with Gasteiger partial charge in [0.25, 0.3) is 5.91 Å². The van der Waals surface area contributed by atoms with Crippen molar-refractivity contribution in [3.8, 4) is 0 Å². The molecular weight excluding hydrogens is 421 g/mol. The summed E-state index contributed by atoms with van der Waals surface area (Å²) in [6.45, 7) is 3.42. The zero-order valence-electron chi connectivity index (χ0n) is 16.9. The highest BCUT2D eigenvalue weighted by molar-refractivity contribution is 7.09. The van der Waals surface area contributed by atoms with Crippen LogP contribution < -0.4 is 11.1 Å². The smallest absolute Gasteiger partial charge is 0.332 e. The second-order valence-corrected chi connectivity index (χ2v) is 9.36. The van der Waals surface area contributed by atoms with Gasteiger partial charge in [0.15, 0.2) is 0 Å². The van der Waals surface area contributed by atoms with Crippen LogP contribution in [0.4, 0.5) is 4.39 Å². The molecule has 1 aromatic carbocycles. The van der Waals surface area contributed by atoms with Gasteiger partial charge in [-0.05, 0) is 31.0 Å². The lowest BCUT2D eigenvalue weighted by Crippen LogP contribution is -2.43. The van der Waals surface area contributed by atoms with E-state index in [4.69, 9.17) is 0 Å². The minimum atomic E-state index is -0.700. The number of likely N-dealkylation sites (tertiary alicyclic amines) is 1. The summed E-state index contributed by atoms with van der Waals surface area (Å²) in [7, 11) is 0. The fourth-order valence-corrected chi connectivity index (χ4v) is 5.06. The van der Waals surface area contributed by atoms with Gasteiger partial charge in [0.1, 0.15) is 17.3 Å². The summed E-state index contributed by atoms with van der Waals surface area (Å²) in [5.74, 6) is 0.0760. The van der Waals surface area contributed by atoms with Crippen molar-refractivity contribution in [1.29, 1.82) is 0 Å². The summed E-state index contributed by atoms with van der Waals surface area (Å²) in [5, 5.41) is 7.05. The number of aromatic nitrogens is 4. The molecule has 2 aliphatic heterocycles. The van der Waals surface area contributed by atoms with Gasteiger partial charge in [0.2, 0.25) is 0 Å². The molecule has 0 bridgehead atoms. The predicted octanol–water partition coefficient (Wildman–Crippen LogP) is 1.45. The van der Waals surface area contributed by atoms with Gasteiger partial charge in [-0.15, -0.1) is 11.3 Å². The molecule has 3 aromatic rings. The van der Waals surface area contributed by atoms with E-state index in [0.29, 0.717) is 43.1 Å². The number of amides is 1. The van der Waals surface area contributed by atoms with Crippen LogP contribution in [0.25, 0.3) is 0 Å². The Labute approximate surface area is 180 Å². The highest BCUT2D eigenvalue weighted by Crippen LogP contribution is 2.39. The number of aryl methyl sites for hydroxylation is 1. The molecule has 5 rings (SSSR count). The van der Waals surface area contributed by atoms with Crippen molar-refractivity contribution < 1.29 is 9.18 Å². The number of hydrogen-bond acceptors (Lipinski definition) is 6. The van der Waals surface area contributed by atoms with Gasteiger partial charge in [-0.1, -0.05) is 12.1 Å². The molecular formula is C21H20FN5O3S. The average Bonchev–Trinajstić information content (AvgIpc) is 3.46. The first-order chi connectivity index (χ1) is 14.8. The summed E-state index contributed by atoms with van der Waals surface area (Å²) in [6, 6.07) is 5.75. The van der Waals surface area contributed by atoms with E-state index in [0.717, 1.165) is 16.1 Å². The summed E-state index contributed by atoms with van der Waals surface area (Å²) in [4.78, 5) is 44.2. The van der Waals surface area contributed by atoms with Crippen molar-refractivity contribution in [2.75, 3.05) is 13.1 Å². The third-order valence-corrected chi connectivity index (χ3v) is 6.82. The molecule has 160 valence electrons. The molecule has 1 amide bonds. The van der Waals surface area contributed by atoms with Gasteiger partial charge in [-0.25, -0.2) is 14.1 Å². The van der Waals surface area contributed by atoms with Crippen LogP contribution in [-0.4, -0.2) is 43.2 Å². The molecule has 0 unspecified atom stereocenters. The molecule has 1 saturated heterocycles. The lowest BCUT2D eigenvalue weighted by atomic mass is 9.86. The summed E-state index contributed by atoms with van der Waals surface area (Å²) in [5.41, 5.74) is -0.479. The Morgan fingerprint density at radius 2 is 1.97 bits per heavy atom. The molecule has 0 saturated carbocycles. The minimum absolute atomic E-state index is 0.100. The van der Waals surface area contributed by atoms with E-state index in [9.17, 15) is 18.8 Å². The van der Waals surface area contributed by atoms with E-state index in [2.05, 4.69) is 10.1 Å². The maximum absolute atomic E-state index is 13.1. The normalized spacial score (nSPS) is 19.9. The molecule has 4 heterocycles. The lowest BCUT2D eigenvalue weighted by Gasteiger charge is -2.22. The Morgan fingerprint density at radius 3 is 2.68 bits per heavy atom. The second kappa shape index (κ2) is 7.23. The molecule has 0 aliphatic carbocycles. The molecule has 8 nitrogen and oxygen atoms in total. The average molecular weight is 441 g/mol. The zero-order valence-corrected chi connectivity index (χ0v) is 17.7. The van der Waals surface area contributed by atoms with E-state index in [1.807, 2.05) is 6.92 Å². The monoisotopic (exact) mass is 441 g/mol. The van der Waals surface area contributed by atoms with Gasteiger partial charge in [-0.2, -0.15) is 5.10 Å². The Kier molecular flexibility index (Phi) is 4.62. The third-order valence-electron chi connectivity index (χ3n) is 6.05. The van der Waals surface area contributed by atoms with Crippen LogP contribution in [-0.2, 0) is 19.5 Å². The number of rotatable bonds is 3. The van der Waals surface area contributed by atoms with Gasteiger partial charge in [0.05, 0.1) is 11.6 Å². The number of hydrogen-bond donors (Lipinski definition) is 0. The molecule has 10 heteroatoms. The van der Waals surface area contributed by atoms with Gasteiger partial charge in [-0.3, -0.25) is 19.0 Å². The molecule has 2 aliphatic rings. The quantitative estimate of drug-likeness (QED) is 0.574. The van der Waals surface area contributed by atoms with Crippen LogP contribution in [0.2, 0.25) is 0 Å². The minimum Gasteiger partial charge on any atom is -0.337 e. The highest BCUT2D eigenvalue weighted by Gasteiger charge is 2.46. The van der Waals surface area contributed by atoms with Crippen LogP contribution >= 0.6 is 11.3 Å². The molecule has 1 spiro atoms. The molecule has 0 radical (unpaired) electrons. The second-order valence-electron chi connectivity index (χ2n) is 8.30. The fourth-order valence-electron chi connectivity index (χ4n) is 4.48. The van der Waals surface area contributed by atoms with E-state index in [1.165, 1.54) is 28.0 Å². The van der Waals surface area contributed by atoms with Crippen LogP contribution in [0.15, 0.2) is 39.2 Å². The first-order valence-corrected chi connectivity index (χ1v) is 10.9.